The Bertz CT molecular complexity index is 579. The van der Waals surface area contributed by atoms with Crippen LogP contribution in [0.2, 0.25) is 0 Å². The second-order valence-corrected chi connectivity index (χ2v) is 6.26. The van der Waals surface area contributed by atoms with Crippen LogP contribution in [-0.4, -0.2) is 16.3 Å². The maximum atomic E-state index is 13.3. The van der Waals surface area contributed by atoms with Crippen LogP contribution in [0.4, 0.5) is 4.39 Å². The lowest BCUT2D eigenvalue weighted by atomic mass is 10.0. The molecule has 1 aromatic heterocycles. The second-order valence-electron chi connectivity index (χ2n) is 4.55. The van der Waals surface area contributed by atoms with E-state index in [0.29, 0.717) is 0 Å². The number of benzene rings is 1. The Morgan fingerprint density at radius 3 is 2.65 bits per heavy atom. The third kappa shape index (κ3) is 3.30. The zero-order valence-corrected chi connectivity index (χ0v) is 14.5. The molecular formula is C14H16Br2FN3. The molecule has 6 heteroatoms. The average molecular weight is 405 g/mol. The molecule has 108 valence electrons. The van der Waals surface area contributed by atoms with Gasteiger partial charge in [-0.05, 0) is 46.6 Å². The molecule has 0 radical (unpaired) electrons. The van der Waals surface area contributed by atoms with Gasteiger partial charge in [0.15, 0.2) is 0 Å². The summed E-state index contributed by atoms with van der Waals surface area (Å²) in [6.45, 7) is 2.98. The zero-order chi connectivity index (χ0) is 14.7. The number of aryl methyl sites for hydroxylation is 1. The lowest BCUT2D eigenvalue weighted by Gasteiger charge is -2.21. The molecule has 1 heterocycles. The van der Waals surface area contributed by atoms with Crippen LogP contribution in [0.3, 0.4) is 0 Å². The molecule has 0 amide bonds. The molecular weight excluding hydrogens is 389 g/mol. The van der Waals surface area contributed by atoms with Gasteiger partial charge in [-0.2, -0.15) is 5.10 Å². The van der Waals surface area contributed by atoms with Crippen molar-refractivity contribution in [1.29, 1.82) is 0 Å². The van der Waals surface area contributed by atoms with Gasteiger partial charge < -0.3 is 5.32 Å². The van der Waals surface area contributed by atoms with Crippen molar-refractivity contribution in [1.82, 2.24) is 15.1 Å². The van der Waals surface area contributed by atoms with E-state index in [1.165, 1.54) is 12.1 Å². The van der Waals surface area contributed by atoms with Crippen molar-refractivity contribution in [2.24, 2.45) is 7.05 Å². The summed E-state index contributed by atoms with van der Waals surface area (Å²) < 4.78 is 16.8. The van der Waals surface area contributed by atoms with E-state index < -0.39 is 0 Å². The van der Waals surface area contributed by atoms with Gasteiger partial charge in [0.2, 0.25) is 0 Å². The Morgan fingerprint density at radius 1 is 1.35 bits per heavy atom. The van der Waals surface area contributed by atoms with Gasteiger partial charge in [0.05, 0.1) is 22.4 Å². The molecule has 1 N–H and O–H groups in total. The third-order valence-corrected chi connectivity index (χ3v) is 4.38. The molecule has 2 aromatic rings. The third-order valence-electron chi connectivity index (χ3n) is 3.08. The fourth-order valence-electron chi connectivity index (χ4n) is 2.12. The summed E-state index contributed by atoms with van der Waals surface area (Å²) in [7, 11) is 1.90. The summed E-state index contributed by atoms with van der Waals surface area (Å²) in [5.74, 6) is -0.251. The lowest BCUT2D eigenvalue weighted by Crippen LogP contribution is -2.26. The van der Waals surface area contributed by atoms with Gasteiger partial charge in [0, 0.05) is 11.5 Å². The van der Waals surface area contributed by atoms with E-state index in [0.717, 1.165) is 33.2 Å². The zero-order valence-electron chi connectivity index (χ0n) is 11.3. The summed E-state index contributed by atoms with van der Waals surface area (Å²) in [4.78, 5) is 0. The topological polar surface area (TPSA) is 29.9 Å². The van der Waals surface area contributed by atoms with Crippen LogP contribution in [0.5, 0.6) is 0 Å². The normalized spacial score (nSPS) is 12.7. The van der Waals surface area contributed by atoms with E-state index in [2.05, 4.69) is 49.2 Å². The molecule has 0 aliphatic carbocycles. The lowest BCUT2D eigenvalue weighted by molar-refractivity contribution is 0.548. The minimum atomic E-state index is -0.251. The fraction of sp³-hybridized carbons (Fsp3) is 0.357. The number of rotatable bonds is 5. The predicted octanol–water partition coefficient (Wildman–Crippen LogP) is 4.17. The molecule has 0 aliphatic heterocycles. The van der Waals surface area contributed by atoms with Crippen molar-refractivity contribution in [3.8, 4) is 0 Å². The molecule has 0 spiro atoms. The first-order valence-corrected chi connectivity index (χ1v) is 7.99. The van der Waals surface area contributed by atoms with Crippen LogP contribution in [0.1, 0.15) is 30.6 Å². The van der Waals surface area contributed by atoms with Crippen molar-refractivity contribution in [2.45, 2.75) is 19.4 Å². The van der Waals surface area contributed by atoms with Gasteiger partial charge in [-0.25, -0.2) is 4.39 Å². The summed E-state index contributed by atoms with van der Waals surface area (Å²) in [6.07, 6.45) is 2.79. The van der Waals surface area contributed by atoms with E-state index >= 15 is 0 Å². The summed E-state index contributed by atoms with van der Waals surface area (Å²) in [5.41, 5.74) is 2.01. The molecule has 20 heavy (non-hydrogen) atoms. The van der Waals surface area contributed by atoms with Gasteiger partial charge in [-0.1, -0.05) is 28.9 Å². The monoisotopic (exact) mass is 403 g/mol. The Morgan fingerprint density at radius 2 is 2.10 bits per heavy atom. The largest absolute Gasteiger partial charge is 0.305 e. The highest BCUT2D eigenvalue weighted by molar-refractivity contribution is 9.10. The molecule has 3 nitrogen and oxygen atoms in total. The molecule has 0 saturated heterocycles. The average Bonchev–Trinajstić information content (AvgIpc) is 2.72. The minimum Gasteiger partial charge on any atom is -0.305 e. The molecule has 0 bridgehead atoms. The van der Waals surface area contributed by atoms with Crippen LogP contribution in [-0.2, 0) is 7.05 Å². The smallest absolute Gasteiger partial charge is 0.124 e. The SMILES string of the molecule is CCCNC(c1ccc(F)cc1Br)c1c(Br)cnn1C. The van der Waals surface area contributed by atoms with E-state index in [4.69, 9.17) is 0 Å². The maximum Gasteiger partial charge on any atom is 0.124 e. The number of nitrogens with one attached hydrogen (secondary N) is 1. The van der Waals surface area contributed by atoms with Crippen molar-refractivity contribution < 1.29 is 4.39 Å². The first kappa shape index (κ1) is 15.7. The Labute approximate surface area is 134 Å². The fourth-order valence-corrected chi connectivity index (χ4v) is 3.28. The highest BCUT2D eigenvalue weighted by Gasteiger charge is 2.22. The Balaban J connectivity index is 2.47. The quantitative estimate of drug-likeness (QED) is 0.810. The Kier molecular flexibility index (Phi) is 5.35. The van der Waals surface area contributed by atoms with Gasteiger partial charge in [0.25, 0.3) is 0 Å². The summed E-state index contributed by atoms with van der Waals surface area (Å²) >= 11 is 6.98. The minimum absolute atomic E-state index is 0.0493. The van der Waals surface area contributed by atoms with E-state index in [1.54, 1.807) is 12.3 Å². The molecule has 2 rings (SSSR count). The van der Waals surface area contributed by atoms with Crippen LogP contribution in [0.25, 0.3) is 0 Å². The standard InChI is InChI=1S/C14H16Br2FN3/c1-3-6-18-13(14-12(16)8-19-20(14)2)10-5-4-9(17)7-11(10)15/h4-5,7-8,13,18H,3,6H2,1-2H3. The molecule has 1 unspecified atom stereocenters. The van der Waals surface area contributed by atoms with E-state index in [9.17, 15) is 4.39 Å². The predicted molar refractivity (Wildman–Crippen MR) is 85.1 cm³/mol. The van der Waals surface area contributed by atoms with Gasteiger partial charge in [0.1, 0.15) is 5.82 Å². The van der Waals surface area contributed by atoms with Crippen molar-refractivity contribution in [3.05, 3.63) is 50.4 Å². The van der Waals surface area contributed by atoms with Crippen molar-refractivity contribution >= 4 is 31.9 Å². The Hall–Kier alpha value is -0.720. The second kappa shape index (κ2) is 6.83. The number of halogens is 3. The van der Waals surface area contributed by atoms with Crippen LogP contribution in [0.15, 0.2) is 33.3 Å². The molecule has 0 fully saturated rings. The van der Waals surface area contributed by atoms with Gasteiger partial charge in [-0.15, -0.1) is 0 Å². The first-order chi connectivity index (χ1) is 9.54. The number of hydrogen-bond acceptors (Lipinski definition) is 2. The highest BCUT2D eigenvalue weighted by Crippen LogP contribution is 2.32. The van der Waals surface area contributed by atoms with Crippen LogP contribution < -0.4 is 5.32 Å². The van der Waals surface area contributed by atoms with Gasteiger partial charge in [-0.3, -0.25) is 4.68 Å². The van der Waals surface area contributed by atoms with E-state index in [-0.39, 0.29) is 11.9 Å². The number of nitrogens with zero attached hydrogens (tertiary/aromatic N) is 2. The van der Waals surface area contributed by atoms with Crippen molar-refractivity contribution in [2.75, 3.05) is 6.54 Å². The number of aromatic nitrogens is 2. The van der Waals surface area contributed by atoms with Crippen LogP contribution in [0, 0.1) is 5.82 Å². The van der Waals surface area contributed by atoms with Crippen molar-refractivity contribution in [3.63, 3.8) is 0 Å². The molecule has 0 aliphatic rings. The first-order valence-electron chi connectivity index (χ1n) is 6.40. The molecule has 1 atom stereocenters. The summed E-state index contributed by atoms with van der Waals surface area (Å²) in [6, 6.07) is 4.71. The van der Waals surface area contributed by atoms with E-state index in [1.807, 2.05) is 11.7 Å². The molecule has 0 saturated carbocycles. The van der Waals surface area contributed by atoms with Crippen LogP contribution >= 0.6 is 31.9 Å². The summed E-state index contributed by atoms with van der Waals surface area (Å²) in [5, 5.41) is 7.75. The number of hydrogen-bond donors (Lipinski definition) is 1. The highest BCUT2D eigenvalue weighted by atomic mass is 79.9. The molecule has 1 aromatic carbocycles. The van der Waals surface area contributed by atoms with Gasteiger partial charge >= 0.3 is 0 Å². The maximum absolute atomic E-state index is 13.3.